The zero-order valence-corrected chi connectivity index (χ0v) is 13.9. The van der Waals surface area contributed by atoms with E-state index in [4.69, 9.17) is 4.74 Å². The average Bonchev–Trinajstić information content (AvgIpc) is 2.15. The third kappa shape index (κ3) is 5.82. The predicted molar refractivity (Wildman–Crippen MR) is 69.1 cm³/mol. The number of rotatable bonds is 4. The molecule has 0 bridgehead atoms. The molecule has 0 saturated heterocycles. The van der Waals surface area contributed by atoms with Gasteiger partial charge < -0.3 is 33.2 Å². The van der Waals surface area contributed by atoms with Crippen LogP contribution in [0.15, 0.2) is 18.2 Å². The molecule has 0 N–H and O–H groups in total. The molecule has 0 spiro atoms. The van der Waals surface area contributed by atoms with Crippen LogP contribution >= 0.6 is 0 Å². The predicted octanol–water partition coefficient (Wildman–Crippen LogP) is -0.830. The molecule has 0 aromatic heterocycles. The molecular formula is C14H22INO2. The van der Waals surface area contributed by atoms with E-state index in [1.54, 1.807) is 0 Å². The number of ether oxygens (including phenoxy) is 1. The molecule has 102 valence electrons. The Hall–Kier alpha value is -0.620. The molecule has 0 unspecified atom stereocenters. The third-order valence-corrected chi connectivity index (χ3v) is 2.60. The lowest BCUT2D eigenvalue weighted by Gasteiger charge is -2.23. The SMILES string of the molecule is Cc1ccc(C(=O)OCC[N+](C)(C)C)c(C)c1.[I-]. The molecule has 0 aliphatic rings. The van der Waals surface area contributed by atoms with Gasteiger partial charge in [0, 0.05) is 0 Å². The number of nitrogens with zero attached hydrogens (tertiary/aromatic N) is 1. The maximum Gasteiger partial charge on any atom is 0.338 e. The minimum absolute atomic E-state index is 0. The van der Waals surface area contributed by atoms with Crippen molar-refractivity contribution in [3.8, 4) is 0 Å². The van der Waals surface area contributed by atoms with Gasteiger partial charge in [-0.3, -0.25) is 0 Å². The molecule has 0 amide bonds. The van der Waals surface area contributed by atoms with E-state index in [2.05, 4.69) is 21.1 Å². The van der Waals surface area contributed by atoms with Gasteiger partial charge >= 0.3 is 5.97 Å². The Morgan fingerprint density at radius 3 is 2.33 bits per heavy atom. The van der Waals surface area contributed by atoms with Crippen molar-refractivity contribution in [3.63, 3.8) is 0 Å². The summed E-state index contributed by atoms with van der Waals surface area (Å²) < 4.78 is 6.06. The summed E-state index contributed by atoms with van der Waals surface area (Å²) in [7, 11) is 6.22. The van der Waals surface area contributed by atoms with E-state index in [1.165, 1.54) is 0 Å². The minimum atomic E-state index is -0.226. The first kappa shape index (κ1) is 17.4. The molecule has 1 aromatic rings. The second-order valence-corrected chi connectivity index (χ2v) is 5.47. The van der Waals surface area contributed by atoms with Crippen LogP contribution in [-0.4, -0.2) is 44.7 Å². The van der Waals surface area contributed by atoms with E-state index in [9.17, 15) is 4.79 Å². The van der Waals surface area contributed by atoms with Crippen molar-refractivity contribution < 1.29 is 38.0 Å². The fourth-order valence-electron chi connectivity index (χ4n) is 1.53. The van der Waals surface area contributed by atoms with Crippen LogP contribution in [-0.2, 0) is 4.74 Å². The highest BCUT2D eigenvalue weighted by atomic mass is 127. The number of halogens is 1. The van der Waals surface area contributed by atoms with E-state index in [0.717, 1.165) is 22.2 Å². The molecule has 0 fully saturated rings. The normalized spacial score (nSPS) is 10.7. The van der Waals surface area contributed by atoms with Crippen LogP contribution in [0.3, 0.4) is 0 Å². The van der Waals surface area contributed by atoms with Crippen molar-refractivity contribution in [2.24, 2.45) is 0 Å². The smallest absolute Gasteiger partial charge is 0.338 e. The van der Waals surface area contributed by atoms with Crippen LogP contribution in [0.2, 0.25) is 0 Å². The fraction of sp³-hybridized carbons (Fsp3) is 0.500. The van der Waals surface area contributed by atoms with E-state index < -0.39 is 0 Å². The van der Waals surface area contributed by atoms with E-state index in [-0.39, 0.29) is 29.9 Å². The highest BCUT2D eigenvalue weighted by Crippen LogP contribution is 2.11. The van der Waals surface area contributed by atoms with Gasteiger partial charge in [0.25, 0.3) is 0 Å². The van der Waals surface area contributed by atoms with Crippen molar-refractivity contribution in [2.75, 3.05) is 34.3 Å². The maximum atomic E-state index is 11.8. The van der Waals surface area contributed by atoms with E-state index in [0.29, 0.717) is 12.2 Å². The average molecular weight is 363 g/mol. The van der Waals surface area contributed by atoms with Gasteiger partial charge in [-0.1, -0.05) is 17.7 Å². The zero-order chi connectivity index (χ0) is 13.1. The Labute approximate surface area is 127 Å². The summed E-state index contributed by atoms with van der Waals surface area (Å²) in [4.78, 5) is 11.8. The number of hydrogen-bond donors (Lipinski definition) is 0. The van der Waals surface area contributed by atoms with Gasteiger partial charge in [-0.05, 0) is 25.5 Å². The summed E-state index contributed by atoms with van der Waals surface area (Å²) in [5.74, 6) is -0.226. The number of likely N-dealkylation sites (N-methyl/N-ethyl adjacent to an activating group) is 1. The molecule has 0 aliphatic heterocycles. The number of aryl methyl sites for hydroxylation is 2. The molecule has 18 heavy (non-hydrogen) atoms. The van der Waals surface area contributed by atoms with Crippen LogP contribution in [0.4, 0.5) is 0 Å². The van der Waals surface area contributed by atoms with Gasteiger partial charge in [0.2, 0.25) is 0 Å². The molecule has 4 heteroatoms. The lowest BCUT2D eigenvalue weighted by molar-refractivity contribution is -0.870. The maximum absolute atomic E-state index is 11.8. The highest BCUT2D eigenvalue weighted by Gasteiger charge is 2.12. The number of quaternary nitrogens is 1. The number of carbonyl (C=O) groups is 1. The Bertz CT molecular complexity index is 411. The molecule has 0 aliphatic carbocycles. The van der Waals surface area contributed by atoms with Gasteiger partial charge in [0.1, 0.15) is 13.2 Å². The topological polar surface area (TPSA) is 26.3 Å². The van der Waals surface area contributed by atoms with Crippen LogP contribution in [0.5, 0.6) is 0 Å². The summed E-state index contributed by atoms with van der Waals surface area (Å²) in [5.41, 5.74) is 2.79. The van der Waals surface area contributed by atoms with Gasteiger partial charge in [-0.2, -0.15) is 0 Å². The first-order chi connectivity index (χ1) is 7.79. The van der Waals surface area contributed by atoms with Gasteiger partial charge in [-0.25, -0.2) is 4.79 Å². The first-order valence-electron chi connectivity index (χ1n) is 5.84. The second kappa shape index (κ2) is 7.09. The molecule has 1 aromatic carbocycles. The fourth-order valence-corrected chi connectivity index (χ4v) is 1.53. The van der Waals surface area contributed by atoms with Gasteiger partial charge in [0.05, 0.1) is 26.7 Å². The summed E-state index contributed by atoms with van der Waals surface area (Å²) in [6, 6.07) is 5.76. The minimum Gasteiger partial charge on any atom is -1.00 e. The molecule has 0 atom stereocenters. The van der Waals surface area contributed by atoms with E-state index in [1.807, 2.05) is 32.0 Å². The number of esters is 1. The Morgan fingerprint density at radius 2 is 1.83 bits per heavy atom. The van der Waals surface area contributed by atoms with Crippen LogP contribution in [0.25, 0.3) is 0 Å². The molecule has 1 rings (SSSR count). The summed E-state index contributed by atoms with van der Waals surface area (Å²) in [6.07, 6.45) is 0. The van der Waals surface area contributed by atoms with Crippen molar-refractivity contribution in [1.29, 1.82) is 0 Å². The molecule has 0 heterocycles. The zero-order valence-electron chi connectivity index (χ0n) is 11.8. The first-order valence-corrected chi connectivity index (χ1v) is 5.84. The Balaban J connectivity index is 0.00000289. The lowest BCUT2D eigenvalue weighted by atomic mass is 10.1. The highest BCUT2D eigenvalue weighted by molar-refractivity contribution is 5.91. The van der Waals surface area contributed by atoms with Crippen LogP contribution in [0, 0.1) is 13.8 Å². The summed E-state index contributed by atoms with van der Waals surface area (Å²) in [6.45, 7) is 5.22. The van der Waals surface area contributed by atoms with Crippen LogP contribution < -0.4 is 24.0 Å². The third-order valence-electron chi connectivity index (χ3n) is 2.60. The number of hydrogen-bond acceptors (Lipinski definition) is 2. The van der Waals surface area contributed by atoms with Gasteiger partial charge in [-0.15, -0.1) is 0 Å². The van der Waals surface area contributed by atoms with Crippen molar-refractivity contribution >= 4 is 5.97 Å². The number of carbonyl (C=O) groups excluding carboxylic acids is 1. The van der Waals surface area contributed by atoms with Crippen molar-refractivity contribution in [2.45, 2.75) is 13.8 Å². The van der Waals surface area contributed by atoms with Crippen molar-refractivity contribution in [3.05, 3.63) is 34.9 Å². The molecule has 3 nitrogen and oxygen atoms in total. The Morgan fingerprint density at radius 1 is 1.22 bits per heavy atom. The van der Waals surface area contributed by atoms with Crippen molar-refractivity contribution in [1.82, 2.24) is 0 Å². The van der Waals surface area contributed by atoms with E-state index >= 15 is 0 Å². The second-order valence-electron chi connectivity index (χ2n) is 5.47. The van der Waals surface area contributed by atoms with Gasteiger partial charge in [0.15, 0.2) is 0 Å². The van der Waals surface area contributed by atoms with Crippen LogP contribution in [0.1, 0.15) is 21.5 Å². The molecular weight excluding hydrogens is 341 g/mol. The quantitative estimate of drug-likeness (QED) is 0.397. The lowest BCUT2D eigenvalue weighted by Crippen LogP contribution is -3.00. The molecule has 0 radical (unpaired) electrons. The standard InChI is InChI=1S/C14H22NO2.HI/c1-11-6-7-13(12(2)10-11)14(16)17-9-8-15(3,4)5;/h6-7,10H,8-9H2,1-5H3;1H/q+1;/p-1. The number of benzene rings is 1. The summed E-state index contributed by atoms with van der Waals surface area (Å²) in [5, 5.41) is 0. The largest absolute Gasteiger partial charge is 1.00 e. The molecule has 0 saturated carbocycles. The monoisotopic (exact) mass is 363 g/mol. The summed E-state index contributed by atoms with van der Waals surface area (Å²) >= 11 is 0. The Kier molecular flexibility index (Phi) is 6.84.